The highest BCUT2D eigenvalue weighted by atomic mass is 35.5. The maximum atomic E-state index is 13.4. The average Bonchev–Trinajstić information content (AvgIpc) is 2.17. The van der Waals surface area contributed by atoms with Crippen LogP contribution < -0.4 is 5.32 Å². The fourth-order valence-corrected chi connectivity index (χ4v) is 1.61. The monoisotopic (exact) mass is 259 g/mol. The molecule has 0 saturated carbocycles. The zero-order valence-electron chi connectivity index (χ0n) is 9.76. The standard InChI is InChI=1S/C12H15ClFNO2/c1-12(2,6-11(16)17)7-15-10-5-8(13)3-4-9(10)14/h3-5,15H,6-7H2,1-2H3,(H,16,17). The molecule has 5 heteroatoms. The van der Waals surface area contributed by atoms with Crippen LogP contribution in [0.4, 0.5) is 10.1 Å². The Balaban J connectivity index is 2.66. The van der Waals surface area contributed by atoms with E-state index in [2.05, 4.69) is 5.32 Å². The summed E-state index contributed by atoms with van der Waals surface area (Å²) >= 11 is 5.75. The lowest BCUT2D eigenvalue weighted by Gasteiger charge is -2.23. The lowest BCUT2D eigenvalue weighted by Crippen LogP contribution is -2.26. The third-order valence-corrected chi connectivity index (χ3v) is 2.55. The summed E-state index contributed by atoms with van der Waals surface area (Å²) < 4.78 is 13.4. The van der Waals surface area contributed by atoms with Crippen LogP contribution in [0.15, 0.2) is 18.2 Å². The summed E-state index contributed by atoms with van der Waals surface area (Å²) in [5.41, 5.74) is -0.170. The molecule has 0 unspecified atom stereocenters. The van der Waals surface area contributed by atoms with E-state index in [-0.39, 0.29) is 12.1 Å². The van der Waals surface area contributed by atoms with Crippen LogP contribution in [-0.4, -0.2) is 17.6 Å². The van der Waals surface area contributed by atoms with Crippen LogP contribution in [0.5, 0.6) is 0 Å². The number of carbonyl (C=O) groups is 1. The number of benzene rings is 1. The summed E-state index contributed by atoms with van der Waals surface area (Å²) in [6, 6.07) is 4.22. The van der Waals surface area contributed by atoms with Crippen LogP contribution in [0.25, 0.3) is 0 Å². The first-order valence-corrected chi connectivity index (χ1v) is 5.59. The minimum atomic E-state index is -0.872. The Bertz CT molecular complexity index is 421. The Morgan fingerprint density at radius 1 is 1.53 bits per heavy atom. The molecule has 0 aromatic heterocycles. The van der Waals surface area contributed by atoms with Crippen molar-refractivity contribution in [2.75, 3.05) is 11.9 Å². The second-order valence-electron chi connectivity index (χ2n) is 4.71. The van der Waals surface area contributed by atoms with Crippen molar-refractivity contribution in [1.29, 1.82) is 0 Å². The first-order chi connectivity index (χ1) is 7.80. The highest BCUT2D eigenvalue weighted by Crippen LogP contribution is 2.24. The number of rotatable bonds is 5. The molecule has 0 radical (unpaired) electrons. The van der Waals surface area contributed by atoms with Crippen LogP contribution in [0.3, 0.4) is 0 Å². The summed E-state index contributed by atoms with van der Waals surface area (Å²) in [7, 11) is 0. The van der Waals surface area contributed by atoms with Crippen LogP contribution in [0.1, 0.15) is 20.3 Å². The molecular weight excluding hydrogens is 245 g/mol. The number of hydrogen-bond acceptors (Lipinski definition) is 2. The zero-order valence-corrected chi connectivity index (χ0v) is 10.5. The van der Waals surface area contributed by atoms with Gasteiger partial charge in [0, 0.05) is 11.6 Å². The fourth-order valence-electron chi connectivity index (χ4n) is 1.44. The van der Waals surface area contributed by atoms with Gasteiger partial charge in [-0.25, -0.2) is 4.39 Å². The van der Waals surface area contributed by atoms with Gasteiger partial charge < -0.3 is 10.4 Å². The number of carboxylic acids is 1. The molecule has 0 atom stereocenters. The predicted molar refractivity (Wildman–Crippen MR) is 65.9 cm³/mol. The van der Waals surface area contributed by atoms with E-state index in [1.165, 1.54) is 18.2 Å². The van der Waals surface area contributed by atoms with Crippen molar-refractivity contribution in [2.24, 2.45) is 5.41 Å². The van der Waals surface area contributed by atoms with Gasteiger partial charge >= 0.3 is 5.97 Å². The van der Waals surface area contributed by atoms with E-state index in [4.69, 9.17) is 16.7 Å². The second kappa shape index (κ2) is 5.36. The topological polar surface area (TPSA) is 49.3 Å². The molecule has 0 saturated heterocycles. The van der Waals surface area contributed by atoms with E-state index in [1.54, 1.807) is 13.8 Å². The van der Waals surface area contributed by atoms with Crippen LogP contribution in [0.2, 0.25) is 5.02 Å². The maximum Gasteiger partial charge on any atom is 0.303 e. The molecule has 0 bridgehead atoms. The fraction of sp³-hybridized carbons (Fsp3) is 0.417. The molecule has 0 heterocycles. The Labute approximate surface area is 105 Å². The van der Waals surface area contributed by atoms with Gasteiger partial charge in [0.15, 0.2) is 0 Å². The Morgan fingerprint density at radius 2 is 2.18 bits per heavy atom. The van der Waals surface area contributed by atoms with Gasteiger partial charge in [-0.15, -0.1) is 0 Å². The molecule has 0 fully saturated rings. The van der Waals surface area contributed by atoms with Crippen molar-refractivity contribution in [2.45, 2.75) is 20.3 Å². The highest BCUT2D eigenvalue weighted by Gasteiger charge is 2.21. The van der Waals surface area contributed by atoms with E-state index < -0.39 is 17.2 Å². The molecule has 0 spiro atoms. The Kier molecular flexibility index (Phi) is 4.34. The van der Waals surface area contributed by atoms with Crippen LogP contribution in [0, 0.1) is 11.2 Å². The minimum absolute atomic E-state index is 0.0161. The van der Waals surface area contributed by atoms with E-state index in [1.807, 2.05) is 0 Å². The summed E-state index contributed by atoms with van der Waals surface area (Å²) in [5, 5.41) is 12.0. The van der Waals surface area contributed by atoms with Crippen LogP contribution in [-0.2, 0) is 4.79 Å². The van der Waals surface area contributed by atoms with Crippen molar-refractivity contribution in [1.82, 2.24) is 0 Å². The summed E-state index contributed by atoms with van der Waals surface area (Å²) in [4.78, 5) is 10.6. The molecule has 0 aliphatic carbocycles. The van der Waals surface area contributed by atoms with Gasteiger partial charge in [0.05, 0.1) is 12.1 Å². The van der Waals surface area contributed by atoms with Crippen molar-refractivity contribution in [3.63, 3.8) is 0 Å². The van der Waals surface area contributed by atoms with Gasteiger partial charge in [-0.2, -0.15) is 0 Å². The summed E-state index contributed by atoms with van der Waals surface area (Å²) in [6.07, 6.45) is 0.0161. The SMILES string of the molecule is CC(C)(CNc1cc(Cl)ccc1F)CC(=O)O. The number of hydrogen-bond donors (Lipinski definition) is 2. The molecule has 1 aromatic carbocycles. The smallest absolute Gasteiger partial charge is 0.303 e. The van der Waals surface area contributed by atoms with Gasteiger partial charge in [-0.05, 0) is 23.6 Å². The largest absolute Gasteiger partial charge is 0.481 e. The molecule has 1 aromatic rings. The molecule has 17 heavy (non-hydrogen) atoms. The average molecular weight is 260 g/mol. The van der Waals surface area contributed by atoms with Gasteiger partial charge in [-0.3, -0.25) is 4.79 Å². The number of halogens is 2. The van der Waals surface area contributed by atoms with Crippen molar-refractivity contribution in [3.05, 3.63) is 29.0 Å². The van der Waals surface area contributed by atoms with Gasteiger partial charge in [0.2, 0.25) is 0 Å². The van der Waals surface area contributed by atoms with Crippen molar-refractivity contribution < 1.29 is 14.3 Å². The van der Waals surface area contributed by atoms with E-state index in [0.717, 1.165) is 0 Å². The number of carboxylic acid groups (broad SMARTS) is 1. The first kappa shape index (κ1) is 13.8. The number of anilines is 1. The van der Waals surface area contributed by atoms with Crippen molar-refractivity contribution >= 4 is 23.3 Å². The quantitative estimate of drug-likeness (QED) is 0.852. The van der Waals surface area contributed by atoms with Gasteiger partial charge in [0.1, 0.15) is 5.82 Å². The summed E-state index contributed by atoms with van der Waals surface area (Å²) in [6.45, 7) is 3.96. The molecule has 1 rings (SSSR count). The molecule has 0 aliphatic rings. The van der Waals surface area contributed by atoms with E-state index in [9.17, 15) is 9.18 Å². The maximum absolute atomic E-state index is 13.4. The first-order valence-electron chi connectivity index (χ1n) is 5.21. The van der Waals surface area contributed by atoms with Gasteiger partial charge in [-0.1, -0.05) is 25.4 Å². The molecular formula is C12H15ClFNO2. The lowest BCUT2D eigenvalue weighted by atomic mass is 9.89. The Hall–Kier alpha value is -1.29. The molecule has 3 nitrogen and oxygen atoms in total. The van der Waals surface area contributed by atoms with E-state index in [0.29, 0.717) is 11.6 Å². The van der Waals surface area contributed by atoms with Gasteiger partial charge in [0.25, 0.3) is 0 Å². The second-order valence-corrected chi connectivity index (χ2v) is 5.15. The third-order valence-electron chi connectivity index (χ3n) is 2.32. The highest BCUT2D eigenvalue weighted by molar-refractivity contribution is 6.30. The van der Waals surface area contributed by atoms with E-state index >= 15 is 0 Å². The number of nitrogens with one attached hydrogen (secondary N) is 1. The summed E-state index contributed by atoms with van der Waals surface area (Å²) in [5.74, 6) is -1.27. The number of aliphatic carboxylic acids is 1. The molecule has 0 amide bonds. The zero-order chi connectivity index (χ0) is 13.1. The molecule has 2 N–H and O–H groups in total. The molecule has 94 valence electrons. The van der Waals surface area contributed by atoms with Crippen LogP contribution >= 0.6 is 11.6 Å². The minimum Gasteiger partial charge on any atom is -0.481 e. The lowest BCUT2D eigenvalue weighted by molar-refractivity contribution is -0.139. The normalized spacial score (nSPS) is 11.3. The third kappa shape index (κ3) is 4.61. The van der Waals surface area contributed by atoms with Crippen molar-refractivity contribution in [3.8, 4) is 0 Å². The predicted octanol–water partition coefficient (Wildman–Crippen LogP) is 3.39. The Morgan fingerprint density at radius 3 is 2.76 bits per heavy atom. The molecule has 0 aliphatic heterocycles.